The fraction of sp³-hybridized carbons (Fsp3) is 0.875. The zero-order valence-corrected chi connectivity index (χ0v) is 13.3. The van der Waals surface area contributed by atoms with Gasteiger partial charge < -0.3 is 15.0 Å². The minimum absolute atomic E-state index is 0.00990. The average molecular weight is 296 g/mol. The molecule has 2 rings (SSSR count). The Hall–Kier alpha value is -0.940. The molecule has 2 aliphatic rings. The highest BCUT2D eigenvalue weighted by atomic mass is 16.5. The minimum Gasteiger partial charge on any atom is -0.366 e. The summed E-state index contributed by atoms with van der Waals surface area (Å²) in [5, 5.41) is 2.90. The normalized spacial score (nSPS) is 28.0. The highest BCUT2D eigenvalue weighted by Crippen LogP contribution is 2.17. The number of hydrogen-bond acceptors (Lipinski definition) is 4. The molecular weight excluding hydrogens is 268 g/mol. The summed E-state index contributed by atoms with van der Waals surface area (Å²) in [5.74, 6) is 0.353. The number of rotatable bonds is 7. The first-order chi connectivity index (χ1) is 10.1. The summed E-state index contributed by atoms with van der Waals surface area (Å²) in [6.07, 6.45) is 4.87. The molecule has 2 heterocycles. The van der Waals surface area contributed by atoms with E-state index in [0.717, 1.165) is 32.5 Å². The molecule has 2 aliphatic heterocycles. The van der Waals surface area contributed by atoms with Gasteiger partial charge >= 0.3 is 0 Å². The lowest BCUT2D eigenvalue weighted by Gasteiger charge is -2.24. The Morgan fingerprint density at radius 1 is 1.43 bits per heavy atom. The van der Waals surface area contributed by atoms with E-state index in [9.17, 15) is 9.59 Å². The average Bonchev–Trinajstić information content (AvgIpc) is 3.04. The van der Waals surface area contributed by atoms with Gasteiger partial charge in [-0.1, -0.05) is 26.7 Å². The van der Waals surface area contributed by atoms with E-state index in [2.05, 4.69) is 24.1 Å². The summed E-state index contributed by atoms with van der Waals surface area (Å²) in [4.78, 5) is 26.3. The van der Waals surface area contributed by atoms with Crippen molar-refractivity contribution < 1.29 is 14.3 Å². The number of amides is 1. The summed E-state index contributed by atoms with van der Waals surface area (Å²) >= 11 is 0. The first kappa shape index (κ1) is 16.4. The van der Waals surface area contributed by atoms with Gasteiger partial charge in [0.1, 0.15) is 12.6 Å². The van der Waals surface area contributed by atoms with Gasteiger partial charge in [-0.3, -0.25) is 9.59 Å². The van der Waals surface area contributed by atoms with Crippen molar-refractivity contribution in [1.29, 1.82) is 0 Å². The molecule has 0 spiro atoms. The Balaban J connectivity index is 1.83. The number of likely N-dealkylation sites (tertiary alicyclic amines) is 1. The fourth-order valence-corrected chi connectivity index (χ4v) is 3.28. The lowest BCUT2D eigenvalue weighted by molar-refractivity contribution is -0.127. The van der Waals surface area contributed by atoms with Crippen LogP contribution in [0.3, 0.4) is 0 Å². The summed E-state index contributed by atoms with van der Waals surface area (Å²) in [6, 6.07) is -0.452. The van der Waals surface area contributed by atoms with E-state index >= 15 is 0 Å². The van der Waals surface area contributed by atoms with Crippen molar-refractivity contribution in [3.8, 4) is 0 Å². The third-order valence-electron chi connectivity index (χ3n) is 4.43. The number of hydrogen-bond donors (Lipinski definition) is 1. The smallest absolute Gasteiger partial charge is 0.220 e. The third kappa shape index (κ3) is 4.78. The van der Waals surface area contributed by atoms with Crippen LogP contribution in [0.1, 0.15) is 46.0 Å². The largest absolute Gasteiger partial charge is 0.366 e. The van der Waals surface area contributed by atoms with Crippen molar-refractivity contribution in [3.63, 3.8) is 0 Å². The molecule has 3 unspecified atom stereocenters. The zero-order chi connectivity index (χ0) is 15.2. The number of nitrogens with zero attached hydrogens (tertiary/aromatic N) is 1. The second kappa shape index (κ2) is 7.90. The van der Waals surface area contributed by atoms with Gasteiger partial charge in [-0.2, -0.15) is 0 Å². The molecule has 5 heteroatoms. The van der Waals surface area contributed by atoms with E-state index in [4.69, 9.17) is 4.74 Å². The molecule has 0 aromatic carbocycles. The predicted molar refractivity (Wildman–Crippen MR) is 81.0 cm³/mol. The van der Waals surface area contributed by atoms with E-state index < -0.39 is 6.04 Å². The molecule has 0 bridgehead atoms. The summed E-state index contributed by atoms with van der Waals surface area (Å²) < 4.78 is 5.59. The Morgan fingerprint density at radius 3 is 2.81 bits per heavy atom. The van der Waals surface area contributed by atoms with Crippen LogP contribution in [0.2, 0.25) is 0 Å². The molecule has 0 aromatic heterocycles. The van der Waals surface area contributed by atoms with E-state index in [0.29, 0.717) is 12.3 Å². The van der Waals surface area contributed by atoms with Crippen molar-refractivity contribution in [2.75, 3.05) is 26.2 Å². The molecule has 1 amide bonds. The summed E-state index contributed by atoms with van der Waals surface area (Å²) in [5.41, 5.74) is 0. The highest BCUT2D eigenvalue weighted by molar-refractivity contribution is 5.91. The molecule has 2 fully saturated rings. The summed E-state index contributed by atoms with van der Waals surface area (Å²) in [7, 11) is 0. The van der Waals surface area contributed by atoms with Crippen molar-refractivity contribution in [1.82, 2.24) is 10.2 Å². The van der Waals surface area contributed by atoms with Crippen LogP contribution in [0.5, 0.6) is 0 Å². The molecule has 1 N–H and O–H groups in total. The Bertz CT molecular complexity index is 367. The molecule has 0 aromatic rings. The first-order valence-corrected chi connectivity index (χ1v) is 8.26. The molecule has 0 aliphatic carbocycles. The van der Waals surface area contributed by atoms with Crippen LogP contribution in [-0.2, 0) is 14.3 Å². The van der Waals surface area contributed by atoms with E-state index in [1.165, 1.54) is 12.8 Å². The molecule has 3 atom stereocenters. The summed E-state index contributed by atoms with van der Waals surface area (Å²) in [6.45, 7) is 7.23. The van der Waals surface area contributed by atoms with Gasteiger partial charge in [0.25, 0.3) is 0 Å². The molecule has 0 saturated carbocycles. The quantitative estimate of drug-likeness (QED) is 0.771. The maximum Gasteiger partial charge on any atom is 0.220 e. The van der Waals surface area contributed by atoms with E-state index in [1.807, 2.05) is 0 Å². The number of carbonyl (C=O) groups excluding carboxylic acids is 2. The Kier molecular flexibility index (Phi) is 6.18. The number of nitrogens with one attached hydrogen (secondary N) is 1. The van der Waals surface area contributed by atoms with Crippen molar-refractivity contribution in [3.05, 3.63) is 0 Å². The fourth-order valence-electron chi connectivity index (χ4n) is 3.28. The molecule has 2 saturated heterocycles. The molecule has 21 heavy (non-hydrogen) atoms. The van der Waals surface area contributed by atoms with E-state index in [1.54, 1.807) is 0 Å². The second-order valence-electron chi connectivity index (χ2n) is 6.47. The third-order valence-corrected chi connectivity index (χ3v) is 4.43. The van der Waals surface area contributed by atoms with Gasteiger partial charge in [0, 0.05) is 13.0 Å². The van der Waals surface area contributed by atoms with Gasteiger partial charge in [0.05, 0.1) is 6.10 Å². The lowest BCUT2D eigenvalue weighted by atomic mass is 10.0. The lowest BCUT2D eigenvalue weighted by Crippen LogP contribution is -2.48. The molecule has 120 valence electrons. The first-order valence-electron chi connectivity index (χ1n) is 8.26. The molecular formula is C16H28N2O3. The van der Waals surface area contributed by atoms with Gasteiger partial charge in [0.2, 0.25) is 5.91 Å². The molecule has 0 radical (unpaired) electrons. The van der Waals surface area contributed by atoms with Crippen LogP contribution >= 0.6 is 0 Å². The monoisotopic (exact) mass is 296 g/mol. The van der Waals surface area contributed by atoms with Gasteiger partial charge in [-0.15, -0.1) is 0 Å². The predicted octanol–water partition coefficient (Wildman–Crippen LogP) is 1.36. The zero-order valence-electron chi connectivity index (χ0n) is 13.3. The highest BCUT2D eigenvalue weighted by Gasteiger charge is 2.38. The van der Waals surface area contributed by atoms with Gasteiger partial charge in [-0.05, 0) is 31.8 Å². The van der Waals surface area contributed by atoms with Crippen LogP contribution in [-0.4, -0.2) is 55.0 Å². The number of ketones is 1. The minimum atomic E-state index is -0.452. The number of Topliss-reactive ketones (excluding diaryl/α,β-unsaturated/α-hetero) is 1. The number of carbonyl (C=O) groups is 2. The number of ether oxygens (including phenoxy) is 1. The van der Waals surface area contributed by atoms with Crippen molar-refractivity contribution in [2.24, 2.45) is 5.92 Å². The van der Waals surface area contributed by atoms with Gasteiger partial charge in [-0.25, -0.2) is 0 Å². The maximum absolute atomic E-state index is 12.1. The van der Waals surface area contributed by atoms with Gasteiger partial charge in [0.15, 0.2) is 5.78 Å². The standard InChI is InChI=1S/C16H28N2O3/c1-3-6-12(2)9-15(20)17-16-13(19)11-21-14(16)10-18-7-4-5-8-18/h12,14,16H,3-11H2,1-2H3,(H,17,20). The van der Waals surface area contributed by atoms with E-state index in [-0.39, 0.29) is 24.4 Å². The van der Waals surface area contributed by atoms with Crippen molar-refractivity contribution >= 4 is 11.7 Å². The van der Waals surface area contributed by atoms with Crippen LogP contribution in [0.25, 0.3) is 0 Å². The van der Waals surface area contributed by atoms with Crippen molar-refractivity contribution in [2.45, 2.75) is 58.1 Å². The molecule has 5 nitrogen and oxygen atoms in total. The van der Waals surface area contributed by atoms with Crippen LogP contribution in [0.4, 0.5) is 0 Å². The second-order valence-corrected chi connectivity index (χ2v) is 6.47. The van der Waals surface area contributed by atoms with Crippen LogP contribution < -0.4 is 5.32 Å². The Labute approximate surface area is 127 Å². The van der Waals surface area contributed by atoms with Crippen LogP contribution in [0.15, 0.2) is 0 Å². The topological polar surface area (TPSA) is 58.6 Å². The Morgan fingerprint density at radius 2 is 2.14 bits per heavy atom. The maximum atomic E-state index is 12.1. The SMILES string of the molecule is CCCC(C)CC(=O)NC1C(=O)COC1CN1CCCC1. The van der Waals surface area contributed by atoms with Crippen LogP contribution in [0, 0.1) is 5.92 Å².